The first-order valence-electron chi connectivity index (χ1n) is 7.91. The standard InChI is InChI=1S/C18H20FN5/c19-15-5-3-4-14(12-15)13-6-8-16(9-7-13)22-17(20)23-18(21)24-10-1-2-11-24/h3-9,12H,1-2,10-11H2,(H4,20,21,22,23). The molecule has 0 spiro atoms. The number of aliphatic imine (C=N–C) groups is 2. The number of benzene rings is 2. The zero-order chi connectivity index (χ0) is 16.9. The highest BCUT2D eigenvalue weighted by atomic mass is 19.1. The van der Waals surface area contributed by atoms with Crippen LogP contribution in [-0.2, 0) is 0 Å². The van der Waals surface area contributed by atoms with Crippen molar-refractivity contribution in [2.45, 2.75) is 12.8 Å². The minimum Gasteiger partial charge on any atom is -0.369 e. The van der Waals surface area contributed by atoms with Crippen molar-refractivity contribution in [3.8, 4) is 11.1 Å². The first kappa shape index (κ1) is 16.0. The topological polar surface area (TPSA) is 80.0 Å². The number of halogens is 1. The number of guanidine groups is 2. The summed E-state index contributed by atoms with van der Waals surface area (Å²) in [5.74, 6) is 0.272. The maximum absolute atomic E-state index is 13.3. The molecule has 5 nitrogen and oxygen atoms in total. The first-order valence-corrected chi connectivity index (χ1v) is 7.91. The van der Waals surface area contributed by atoms with E-state index in [1.54, 1.807) is 6.07 Å². The molecule has 0 bridgehead atoms. The fourth-order valence-corrected chi connectivity index (χ4v) is 2.69. The second-order valence-electron chi connectivity index (χ2n) is 5.69. The molecule has 24 heavy (non-hydrogen) atoms. The van der Waals surface area contributed by atoms with Gasteiger partial charge in [0, 0.05) is 13.1 Å². The average molecular weight is 325 g/mol. The van der Waals surface area contributed by atoms with E-state index in [-0.39, 0.29) is 11.8 Å². The van der Waals surface area contributed by atoms with Gasteiger partial charge in [0.2, 0.25) is 5.96 Å². The van der Waals surface area contributed by atoms with Crippen LogP contribution >= 0.6 is 0 Å². The van der Waals surface area contributed by atoms with Crippen LogP contribution < -0.4 is 11.5 Å². The molecule has 124 valence electrons. The summed E-state index contributed by atoms with van der Waals surface area (Å²) < 4.78 is 13.3. The number of hydrogen-bond donors (Lipinski definition) is 2. The summed E-state index contributed by atoms with van der Waals surface area (Å²) in [6, 6.07) is 13.8. The lowest BCUT2D eigenvalue weighted by atomic mass is 10.1. The molecule has 1 aliphatic heterocycles. The predicted octanol–water partition coefficient (Wildman–Crippen LogP) is 2.85. The van der Waals surface area contributed by atoms with E-state index in [1.165, 1.54) is 12.1 Å². The van der Waals surface area contributed by atoms with Gasteiger partial charge >= 0.3 is 0 Å². The lowest BCUT2D eigenvalue weighted by Gasteiger charge is -2.15. The molecule has 2 aromatic rings. The van der Waals surface area contributed by atoms with Crippen LogP contribution in [0.1, 0.15) is 12.8 Å². The van der Waals surface area contributed by atoms with Gasteiger partial charge in [0.1, 0.15) is 5.82 Å². The SMILES string of the molecule is NC(=Nc1ccc(-c2cccc(F)c2)cc1)N=C(N)N1CCCC1. The molecule has 0 aliphatic carbocycles. The number of nitrogens with zero attached hydrogens (tertiary/aromatic N) is 3. The highest BCUT2D eigenvalue weighted by Crippen LogP contribution is 2.23. The second-order valence-corrected chi connectivity index (χ2v) is 5.69. The molecule has 1 heterocycles. The number of nitrogens with two attached hydrogens (primary N) is 2. The van der Waals surface area contributed by atoms with Crippen LogP contribution in [0.3, 0.4) is 0 Å². The average Bonchev–Trinajstić information content (AvgIpc) is 3.10. The quantitative estimate of drug-likeness (QED) is 0.658. The van der Waals surface area contributed by atoms with Crippen molar-refractivity contribution in [3.63, 3.8) is 0 Å². The maximum atomic E-state index is 13.3. The Morgan fingerprint density at radius 3 is 2.33 bits per heavy atom. The fourth-order valence-electron chi connectivity index (χ4n) is 2.69. The maximum Gasteiger partial charge on any atom is 0.223 e. The van der Waals surface area contributed by atoms with E-state index in [0.717, 1.165) is 37.1 Å². The van der Waals surface area contributed by atoms with Gasteiger partial charge in [0.05, 0.1) is 5.69 Å². The molecule has 1 saturated heterocycles. The van der Waals surface area contributed by atoms with Crippen LogP contribution in [0.2, 0.25) is 0 Å². The summed E-state index contributed by atoms with van der Waals surface area (Å²) >= 11 is 0. The third kappa shape index (κ3) is 3.90. The molecule has 2 aromatic carbocycles. The third-order valence-corrected chi connectivity index (χ3v) is 3.93. The molecule has 1 aliphatic rings. The Bertz CT molecular complexity index is 761. The molecule has 4 N–H and O–H groups in total. The molecule has 0 atom stereocenters. The normalized spacial score (nSPS) is 15.8. The van der Waals surface area contributed by atoms with Crippen LogP contribution in [-0.4, -0.2) is 29.9 Å². The highest BCUT2D eigenvalue weighted by Gasteiger charge is 2.13. The van der Waals surface area contributed by atoms with Crippen LogP contribution in [0.15, 0.2) is 58.5 Å². The van der Waals surface area contributed by atoms with E-state index >= 15 is 0 Å². The van der Waals surface area contributed by atoms with Gasteiger partial charge in [0.25, 0.3) is 0 Å². The number of rotatable bonds is 2. The van der Waals surface area contributed by atoms with E-state index in [9.17, 15) is 4.39 Å². The minimum absolute atomic E-state index is 0.123. The zero-order valence-corrected chi connectivity index (χ0v) is 13.3. The molecule has 0 saturated carbocycles. The Hall–Kier alpha value is -2.89. The summed E-state index contributed by atoms with van der Waals surface area (Å²) in [6.07, 6.45) is 2.24. The Kier molecular flexibility index (Phi) is 4.74. The molecule has 0 aromatic heterocycles. The lowest BCUT2D eigenvalue weighted by Crippen LogP contribution is -2.36. The van der Waals surface area contributed by atoms with E-state index in [4.69, 9.17) is 11.5 Å². The molecule has 0 radical (unpaired) electrons. The van der Waals surface area contributed by atoms with Crippen molar-refractivity contribution in [1.82, 2.24) is 4.90 Å². The van der Waals surface area contributed by atoms with Crippen molar-refractivity contribution in [2.75, 3.05) is 13.1 Å². The Labute approximate surface area is 140 Å². The molecule has 1 fully saturated rings. The molecule has 0 amide bonds. The minimum atomic E-state index is -0.259. The van der Waals surface area contributed by atoms with Gasteiger partial charge in [-0.15, -0.1) is 0 Å². The van der Waals surface area contributed by atoms with Crippen molar-refractivity contribution in [3.05, 3.63) is 54.3 Å². The van der Waals surface area contributed by atoms with Crippen LogP contribution in [0.4, 0.5) is 10.1 Å². The number of likely N-dealkylation sites (tertiary alicyclic amines) is 1. The van der Waals surface area contributed by atoms with Crippen molar-refractivity contribution < 1.29 is 4.39 Å². The van der Waals surface area contributed by atoms with Crippen molar-refractivity contribution in [2.24, 2.45) is 21.5 Å². The Morgan fingerprint density at radius 1 is 0.958 bits per heavy atom. The van der Waals surface area contributed by atoms with Gasteiger partial charge in [-0.2, -0.15) is 4.99 Å². The van der Waals surface area contributed by atoms with E-state index in [1.807, 2.05) is 35.2 Å². The van der Waals surface area contributed by atoms with Crippen LogP contribution in [0.25, 0.3) is 11.1 Å². The van der Waals surface area contributed by atoms with Crippen molar-refractivity contribution in [1.29, 1.82) is 0 Å². The van der Waals surface area contributed by atoms with E-state index in [0.29, 0.717) is 11.6 Å². The van der Waals surface area contributed by atoms with Gasteiger partial charge < -0.3 is 16.4 Å². The molecular weight excluding hydrogens is 305 g/mol. The van der Waals surface area contributed by atoms with E-state index < -0.39 is 0 Å². The van der Waals surface area contributed by atoms with Gasteiger partial charge in [-0.3, -0.25) is 0 Å². The zero-order valence-electron chi connectivity index (χ0n) is 13.3. The van der Waals surface area contributed by atoms with Crippen LogP contribution in [0, 0.1) is 5.82 Å². The largest absolute Gasteiger partial charge is 0.369 e. The number of hydrogen-bond acceptors (Lipinski definition) is 1. The first-order chi connectivity index (χ1) is 11.6. The predicted molar refractivity (Wildman–Crippen MR) is 95.5 cm³/mol. The van der Waals surface area contributed by atoms with Gasteiger partial charge in [0.15, 0.2) is 5.96 Å². The summed E-state index contributed by atoms with van der Waals surface area (Å²) in [4.78, 5) is 10.4. The summed E-state index contributed by atoms with van der Waals surface area (Å²) in [7, 11) is 0. The molecular formula is C18H20FN5. The lowest BCUT2D eigenvalue weighted by molar-refractivity contribution is 0.514. The molecule has 3 rings (SSSR count). The summed E-state index contributed by atoms with van der Waals surface area (Å²) in [5, 5.41) is 0. The van der Waals surface area contributed by atoms with Crippen LogP contribution in [0.5, 0.6) is 0 Å². The monoisotopic (exact) mass is 325 g/mol. The molecule has 6 heteroatoms. The molecule has 0 unspecified atom stereocenters. The third-order valence-electron chi connectivity index (χ3n) is 3.93. The fraction of sp³-hybridized carbons (Fsp3) is 0.222. The Balaban J connectivity index is 1.74. The van der Waals surface area contributed by atoms with Gasteiger partial charge in [-0.25, -0.2) is 9.38 Å². The Morgan fingerprint density at radius 2 is 1.67 bits per heavy atom. The van der Waals surface area contributed by atoms with E-state index in [2.05, 4.69) is 9.98 Å². The van der Waals surface area contributed by atoms with Gasteiger partial charge in [-0.1, -0.05) is 24.3 Å². The van der Waals surface area contributed by atoms with Gasteiger partial charge in [-0.05, 0) is 48.2 Å². The summed E-state index contributed by atoms with van der Waals surface area (Å²) in [5.41, 5.74) is 14.2. The highest BCUT2D eigenvalue weighted by molar-refractivity contribution is 5.94. The van der Waals surface area contributed by atoms with Crippen molar-refractivity contribution >= 4 is 17.6 Å². The second kappa shape index (κ2) is 7.12. The smallest absolute Gasteiger partial charge is 0.223 e. The summed E-state index contributed by atoms with van der Waals surface area (Å²) in [6.45, 7) is 1.82.